The van der Waals surface area contributed by atoms with Gasteiger partial charge in [-0.3, -0.25) is 14.2 Å². The Labute approximate surface area is 140 Å². The van der Waals surface area contributed by atoms with Crippen molar-refractivity contribution in [3.8, 4) is 5.75 Å². The van der Waals surface area contributed by atoms with Gasteiger partial charge in [0.2, 0.25) is 0 Å². The number of carboxylic acid groups (broad SMARTS) is 1. The van der Waals surface area contributed by atoms with Crippen LogP contribution in [0.1, 0.15) is 18.3 Å². The van der Waals surface area contributed by atoms with Crippen molar-refractivity contribution in [1.29, 1.82) is 0 Å². The van der Waals surface area contributed by atoms with Crippen molar-refractivity contribution in [2.45, 2.75) is 25.7 Å². The minimum Gasteiger partial charge on any atom is -0.494 e. The number of hydrogen-bond acceptors (Lipinski definition) is 5. The van der Waals surface area contributed by atoms with Crippen LogP contribution in [0.25, 0.3) is 0 Å². The van der Waals surface area contributed by atoms with Crippen LogP contribution in [0.2, 0.25) is 0 Å². The molecule has 0 spiro atoms. The third kappa shape index (κ3) is 3.51. The molecule has 2 rings (SSSR count). The van der Waals surface area contributed by atoms with Crippen molar-refractivity contribution in [3.05, 3.63) is 35.7 Å². The molecule has 0 aliphatic rings. The summed E-state index contributed by atoms with van der Waals surface area (Å²) in [5, 5.41) is 15.6. The maximum absolute atomic E-state index is 13.0. The third-order valence-corrected chi connectivity index (χ3v) is 5.36. The number of nitrogens with one attached hydrogen (secondary N) is 1. The Hall–Kier alpha value is -2.55. The second-order valence-corrected chi connectivity index (χ2v) is 6.89. The summed E-state index contributed by atoms with van der Waals surface area (Å²) in [4.78, 5) is 11.2. The molecule has 1 aromatic heterocycles. The molecule has 1 heterocycles. The van der Waals surface area contributed by atoms with Gasteiger partial charge in [-0.25, -0.2) is 8.42 Å². The van der Waals surface area contributed by atoms with Gasteiger partial charge in [0.1, 0.15) is 17.2 Å². The van der Waals surface area contributed by atoms with Crippen LogP contribution in [-0.4, -0.2) is 42.8 Å². The lowest BCUT2D eigenvalue weighted by Gasteiger charge is -2.23. The summed E-state index contributed by atoms with van der Waals surface area (Å²) in [5.41, 5.74) is 0.878. The van der Waals surface area contributed by atoms with E-state index >= 15 is 0 Å². The second-order valence-electron chi connectivity index (χ2n) is 5.10. The number of aryl methyl sites for hydroxylation is 2. The van der Waals surface area contributed by atoms with Gasteiger partial charge in [0.15, 0.2) is 0 Å². The van der Waals surface area contributed by atoms with Crippen molar-refractivity contribution in [3.63, 3.8) is 0 Å². The molecule has 2 aromatic rings. The SMILES string of the molecule is CCOc1ccc(N(CC(=O)O)S(=O)(=O)c2c(C)n[nH]c2C)cc1. The highest BCUT2D eigenvalue weighted by Crippen LogP contribution is 2.28. The van der Waals surface area contributed by atoms with Crippen LogP contribution in [0.3, 0.4) is 0 Å². The molecule has 0 fully saturated rings. The number of carboxylic acids is 1. The molecule has 2 N–H and O–H groups in total. The monoisotopic (exact) mass is 353 g/mol. The summed E-state index contributed by atoms with van der Waals surface area (Å²) in [6, 6.07) is 6.21. The third-order valence-electron chi connectivity index (χ3n) is 3.32. The van der Waals surface area contributed by atoms with Crippen LogP contribution < -0.4 is 9.04 Å². The predicted octanol–water partition coefficient (Wildman–Crippen LogP) is 1.71. The standard InChI is InChI=1S/C15H19N3O5S/c1-4-23-13-7-5-12(6-8-13)18(9-14(19)20)24(21,22)15-10(2)16-17-11(15)3/h5-8H,4,9H2,1-3H3,(H,16,17)(H,19,20). The van der Waals surface area contributed by atoms with Gasteiger partial charge in [0, 0.05) is 0 Å². The number of aromatic nitrogens is 2. The maximum atomic E-state index is 13.0. The number of nitrogens with zero attached hydrogens (tertiary/aromatic N) is 2. The summed E-state index contributed by atoms with van der Waals surface area (Å²) < 4.78 is 32.1. The molecule has 0 saturated carbocycles. The zero-order chi connectivity index (χ0) is 17.9. The van der Waals surface area contributed by atoms with Crippen molar-refractivity contribution in [2.24, 2.45) is 0 Å². The lowest BCUT2D eigenvalue weighted by molar-refractivity contribution is -0.135. The summed E-state index contributed by atoms with van der Waals surface area (Å²) >= 11 is 0. The molecule has 0 atom stereocenters. The first-order chi connectivity index (χ1) is 11.3. The minimum absolute atomic E-state index is 0.0161. The number of benzene rings is 1. The Morgan fingerprint density at radius 3 is 2.38 bits per heavy atom. The molecule has 130 valence electrons. The van der Waals surface area contributed by atoms with E-state index in [2.05, 4.69) is 10.2 Å². The summed E-state index contributed by atoms with van der Waals surface area (Å²) in [6.07, 6.45) is 0. The number of carbonyl (C=O) groups is 1. The zero-order valence-electron chi connectivity index (χ0n) is 13.6. The summed E-state index contributed by atoms with van der Waals surface area (Å²) in [7, 11) is -4.07. The topological polar surface area (TPSA) is 113 Å². The van der Waals surface area contributed by atoms with E-state index in [1.165, 1.54) is 12.1 Å². The molecular formula is C15H19N3O5S. The van der Waals surface area contributed by atoms with Crippen LogP contribution in [0, 0.1) is 13.8 Å². The van der Waals surface area contributed by atoms with E-state index in [0.717, 1.165) is 4.31 Å². The number of H-pyrrole nitrogens is 1. The lowest BCUT2D eigenvalue weighted by atomic mass is 10.3. The highest BCUT2D eigenvalue weighted by molar-refractivity contribution is 7.93. The highest BCUT2D eigenvalue weighted by Gasteiger charge is 2.31. The fraction of sp³-hybridized carbons (Fsp3) is 0.333. The maximum Gasteiger partial charge on any atom is 0.324 e. The molecule has 0 aliphatic carbocycles. The average molecular weight is 353 g/mol. The summed E-state index contributed by atoms with van der Waals surface area (Å²) in [5.74, 6) is -0.684. The molecule has 0 aliphatic heterocycles. The Balaban J connectivity index is 2.50. The van der Waals surface area contributed by atoms with E-state index in [4.69, 9.17) is 9.84 Å². The van der Waals surface area contributed by atoms with Gasteiger partial charge >= 0.3 is 5.97 Å². The number of ether oxygens (including phenoxy) is 1. The van der Waals surface area contributed by atoms with Gasteiger partial charge in [0.25, 0.3) is 10.0 Å². The normalized spacial score (nSPS) is 11.3. The molecule has 0 unspecified atom stereocenters. The molecule has 24 heavy (non-hydrogen) atoms. The smallest absolute Gasteiger partial charge is 0.324 e. The van der Waals surface area contributed by atoms with Gasteiger partial charge < -0.3 is 9.84 Å². The van der Waals surface area contributed by atoms with Crippen molar-refractivity contribution in [1.82, 2.24) is 10.2 Å². The number of aliphatic carboxylic acids is 1. The van der Waals surface area contributed by atoms with Crippen molar-refractivity contribution >= 4 is 21.7 Å². The predicted molar refractivity (Wildman–Crippen MR) is 87.8 cm³/mol. The molecule has 0 radical (unpaired) electrons. The molecule has 0 amide bonds. The van der Waals surface area contributed by atoms with E-state index in [1.54, 1.807) is 26.0 Å². The number of rotatable bonds is 7. The van der Waals surface area contributed by atoms with E-state index in [0.29, 0.717) is 18.1 Å². The van der Waals surface area contributed by atoms with Crippen molar-refractivity contribution < 1.29 is 23.1 Å². The second kappa shape index (κ2) is 6.91. The summed E-state index contributed by atoms with van der Waals surface area (Å²) in [6.45, 7) is 4.74. The fourth-order valence-electron chi connectivity index (χ4n) is 2.34. The van der Waals surface area contributed by atoms with Crippen LogP contribution in [0.5, 0.6) is 5.75 Å². The molecule has 9 heteroatoms. The average Bonchev–Trinajstić information content (AvgIpc) is 2.85. The van der Waals surface area contributed by atoms with E-state index in [1.807, 2.05) is 6.92 Å². The zero-order valence-corrected chi connectivity index (χ0v) is 14.4. The van der Waals surface area contributed by atoms with Gasteiger partial charge in [0.05, 0.1) is 23.7 Å². The molecule has 8 nitrogen and oxygen atoms in total. The van der Waals surface area contributed by atoms with E-state index < -0.39 is 22.5 Å². The Morgan fingerprint density at radius 2 is 1.92 bits per heavy atom. The quantitative estimate of drug-likeness (QED) is 0.783. The number of anilines is 1. The van der Waals surface area contributed by atoms with Crippen LogP contribution in [0.4, 0.5) is 5.69 Å². The number of aromatic amines is 1. The number of sulfonamides is 1. The first-order valence-electron chi connectivity index (χ1n) is 7.26. The van der Waals surface area contributed by atoms with Gasteiger partial charge in [-0.1, -0.05) is 0 Å². The van der Waals surface area contributed by atoms with Gasteiger partial charge in [-0.05, 0) is 45.0 Å². The minimum atomic E-state index is -4.07. The molecule has 0 bridgehead atoms. The lowest BCUT2D eigenvalue weighted by Crippen LogP contribution is -2.36. The molecule has 0 saturated heterocycles. The van der Waals surface area contributed by atoms with Crippen LogP contribution in [-0.2, 0) is 14.8 Å². The fourth-order valence-corrected chi connectivity index (χ4v) is 4.10. The highest BCUT2D eigenvalue weighted by atomic mass is 32.2. The Morgan fingerprint density at radius 1 is 1.29 bits per heavy atom. The first-order valence-corrected chi connectivity index (χ1v) is 8.70. The van der Waals surface area contributed by atoms with Gasteiger partial charge in [-0.15, -0.1) is 0 Å². The van der Waals surface area contributed by atoms with Crippen LogP contribution >= 0.6 is 0 Å². The molecular weight excluding hydrogens is 334 g/mol. The largest absolute Gasteiger partial charge is 0.494 e. The van der Waals surface area contributed by atoms with Crippen LogP contribution in [0.15, 0.2) is 29.2 Å². The van der Waals surface area contributed by atoms with Gasteiger partial charge in [-0.2, -0.15) is 5.10 Å². The van der Waals surface area contributed by atoms with E-state index in [-0.39, 0.29) is 16.3 Å². The van der Waals surface area contributed by atoms with Crippen molar-refractivity contribution in [2.75, 3.05) is 17.5 Å². The molecule has 1 aromatic carbocycles. The van der Waals surface area contributed by atoms with E-state index in [9.17, 15) is 13.2 Å². The Kier molecular flexibility index (Phi) is 5.13. The number of hydrogen-bond donors (Lipinski definition) is 2. The Bertz CT molecular complexity index is 808. The first kappa shape index (κ1) is 17.8.